The quantitative estimate of drug-likeness (QED) is 0.920. The van der Waals surface area contributed by atoms with E-state index in [-0.39, 0.29) is 0 Å². The Labute approximate surface area is 121 Å². The molecule has 1 aliphatic heterocycles. The van der Waals surface area contributed by atoms with Crippen LogP contribution < -0.4 is 10.6 Å². The third-order valence-electron chi connectivity index (χ3n) is 4.07. The first-order chi connectivity index (χ1) is 9.13. The summed E-state index contributed by atoms with van der Waals surface area (Å²) in [6, 6.07) is 6.70. The van der Waals surface area contributed by atoms with E-state index >= 15 is 0 Å². The number of nitrogens with zero attached hydrogens (tertiary/aromatic N) is 2. The van der Waals surface area contributed by atoms with E-state index in [1.807, 2.05) is 12.1 Å². The molecule has 1 fully saturated rings. The molecule has 0 spiro atoms. The molecule has 0 amide bonds. The molecular weight excluding hydrogens is 258 g/mol. The van der Waals surface area contributed by atoms with E-state index in [0.29, 0.717) is 12.6 Å². The number of nitrogens with two attached hydrogens (primary N) is 1. The van der Waals surface area contributed by atoms with E-state index < -0.39 is 0 Å². The Kier molecular flexibility index (Phi) is 5.08. The summed E-state index contributed by atoms with van der Waals surface area (Å²) in [5, 5.41) is 0.840. The van der Waals surface area contributed by atoms with E-state index in [1.165, 1.54) is 24.1 Å². The minimum absolute atomic E-state index is 0.577. The molecule has 1 aromatic rings. The molecule has 106 valence electrons. The van der Waals surface area contributed by atoms with Crippen LogP contribution >= 0.6 is 11.6 Å². The first-order valence-electron chi connectivity index (χ1n) is 7.02. The summed E-state index contributed by atoms with van der Waals surface area (Å²) in [7, 11) is 4.35. The lowest BCUT2D eigenvalue weighted by Crippen LogP contribution is -2.42. The number of hydrogen-bond donors (Lipinski definition) is 1. The SMILES string of the molecule is CN1CCC(N(C)c2c(Cl)cccc2CCN)CC1. The molecule has 1 aliphatic rings. The number of likely N-dealkylation sites (tertiary alicyclic amines) is 1. The Morgan fingerprint density at radius 2 is 2.05 bits per heavy atom. The van der Waals surface area contributed by atoms with Gasteiger partial charge in [-0.25, -0.2) is 0 Å². The molecule has 0 saturated carbocycles. The summed E-state index contributed by atoms with van der Waals surface area (Å²) < 4.78 is 0. The normalized spacial score (nSPS) is 17.7. The van der Waals surface area contributed by atoms with Crippen molar-refractivity contribution in [3.8, 4) is 0 Å². The van der Waals surface area contributed by atoms with Crippen LogP contribution in [0, 0.1) is 0 Å². The Hall–Kier alpha value is -0.770. The molecule has 1 saturated heterocycles. The van der Waals surface area contributed by atoms with Crippen molar-refractivity contribution in [3.63, 3.8) is 0 Å². The van der Waals surface area contributed by atoms with E-state index in [1.54, 1.807) is 0 Å². The van der Waals surface area contributed by atoms with Crippen LogP contribution in [0.4, 0.5) is 5.69 Å². The lowest BCUT2D eigenvalue weighted by molar-refractivity contribution is 0.253. The van der Waals surface area contributed by atoms with E-state index in [4.69, 9.17) is 17.3 Å². The van der Waals surface area contributed by atoms with Crippen molar-refractivity contribution in [1.29, 1.82) is 0 Å². The molecule has 0 unspecified atom stereocenters. The second-order valence-corrected chi connectivity index (χ2v) is 5.84. The van der Waals surface area contributed by atoms with Crippen molar-refractivity contribution in [3.05, 3.63) is 28.8 Å². The standard InChI is InChI=1S/C15H24ClN3/c1-18-10-7-13(8-11-18)19(2)15-12(6-9-17)4-3-5-14(15)16/h3-5,13H,6-11,17H2,1-2H3. The maximum Gasteiger partial charge on any atom is 0.0642 e. The van der Waals surface area contributed by atoms with Gasteiger partial charge in [0, 0.05) is 13.1 Å². The number of halogens is 1. The molecular formula is C15H24ClN3. The minimum Gasteiger partial charge on any atom is -0.370 e. The Morgan fingerprint density at radius 3 is 2.68 bits per heavy atom. The van der Waals surface area contributed by atoms with Crippen LogP contribution in [0.3, 0.4) is 0 Å². The third-order valence-corrected chi connectivity index (χ3v) is 4.38. The number of rotatable bonds is 4. The summed E-state index contributed by atoms with van der Waals surface area (Å²) in [5.41, 5.74) is 8.14. The van der Waals surface area contributed by atoms with Crippen molar-refractivity contribution in [1.82, 2.24) is 4.90 Å². The molecule has 19 heavy (non-hydrogen) atoms. The van der Waals surface area contributed by atoms with Gasteiger partial charge in [0.2, 0.25) is 0 Å². The van der Waals surface area contributed by atoms with Crippen molar-refractivity contribution in [2.75, 3.05) is 38.6 Å². The highest BCUT2D eigenvalue weighted by atomic mass is 35.5. The van der Waals surface area contributed by atoms with Gasteiger partial charge in [0.15, 0.2) is 0 Å². The molecule has 1 heterocycles. The van der Waals surface area contributed by atoms with Gasteiger partial charge in [-0.05, 0) is 57.6 Å². The fourth-order valence-electron chi connectivity index (χ4n) is 2.88. The maximum atomic E-state index is 6.41. The van der Waals surface area contributed by atoms with Crippen molar-refractivity contribution in [2.24, 2.45) is 5.73 Å². The number of hydrogen-bond acceptors (Lipinski definition) is 3. The molecule has 4 heteroatoms. The van der Waals surface area contributed by atoms with Crippen LogP contribution in [0.2, 0.25) is 5.02 Å². The Bertz CT molecular complexity index is 414. The van der Waals surface area contributed by atoms with Gasteiger partial charge < -0.3 is 15.5 Å². The van der Waals surface area contributed by atoms with Crippen LogP contribution in [-0.2, 0) is 6.42 Å². The minimum atomic E-state index is 0.577. The number of benzene rings is 1. The van der Waals surface area contributed by atoms with Crippen LogP contribution in [0.5, 0.6) is 0 Å². The van der Waals surface area contributed by atoms with E-state index in [9.17, 15) is 0 Å². The van der Waals surface area contributed by atoms with Crippen molar-refractivity contribution < 1.29 is 0 Å². The molecule has 3 nitrogen and oxygen atoms in total. The summed E-state index contributed by atoms with van der Waals surface area (Å²) >= 11 is 6.41. The lowest BCUT2D eigenvalue weighted by atomic mass is 10.0. The average molecular weight is 282 g/mol. The molecule has 2 N–H and O–H groups in total. The topological polar surface area (TPSA) is 32.5 Å². The summed E-state index contributed by atoms with van der Waals surface area (Å²) in [5.74, 6) is 0. The largest absolute Gasteiger partial charge is 0.370 e. The van der Waals surface area contributed by atoms with Crippen molar-refractivity contribution in [2.45, 2.75) is 25.3 Å². The molecule has 2 rings (SSSR count). The second-order valence-electron chi connectivity index (χ2n) is 5.43. The van der Waals surface area contributed by atoms with Crippen molar-refractivity contribution >= 4 is 17.3 Å². The zero-order chi connectivity index (χ0) is 13.8. The van der Waals surface area contributed by atoms with Gasteiger partial charge in [-0.15, -0.1) is 0 Å². The highest BCUT2D eigenvalue weighted by Crippen LogP contribution is 2.32. The maximum absolute atomic E-state index is 6.41. The van der Waals surface area contributed by atoms with Crippen LogP contribution in [0.15, 0.2) is 18.2 Å². The van der Waals surface area contributed by atoms with Gasteiger partial charge in [0.25, 0.3) is 0 Å². The predicted molar refractivity (Wildman–Crippen MR) is 83.1 cm³/mol. The van der Waals surface area contributed by atoms with Gasteiger partial charge in [-0.2, -0.15) is 0 Å². The Morgan fingerprint density at radius 1 is 1.37 bits per heavy atom. The van der Waals surface area contributed by atoms with Crippen LogP contribution in [0.1, 0.15) is 18.4 Å². The molecule has 0 atom stereocenters. The van der Waals surface area contributed by atoms with Crippen LogP contribution in [0.25, 0.3) is 0 Å². The smallest absolute Gasteiger partial charge is 0.0642 e. The van der Waals surface area contributed by atoms with Crippen LogP contribution in [-0.4, -0.2) is 44.7 Å². The molecule has 0 aromatic heterocycles. The van der Waals surface area contributed by atoms with E-state index in [0.717, 1.165) is 24.5 Å². The zero-order valence-corrected chi connectivity index (χ0v) is 12.7. The van der Waals surface area contributed by atoms with Gasteiger partial charge >= 0.3 is 0 Å². The summed E-state index contributed by atoms with van der Waals surface area (Å²) in [4.78, 5) is 4.75. The highest BCUT2D eigenvalue weighted by molar-refractivity contribution is 6.33. The molecule has 1 aromatic carbocycles. The first-order valence-corrected chi connectivity index (χ1v) is 7.40. The molecule has 0 bridgehead atoms. The van der Waals surface area contributed by atoms with Gasteiger partial charge in [0.1, 0.15) is 0 Å². The number of piperidine rings is 1. The van der Waals surface area contributed by atoms with Gasteiger partial charge in [-0.1, -0.05) is 23.7 Å². The third kappa shape index (κ3) is 3.41. The second kappa shape index (κ2) is 6.60. The van der Waals surface area contributed by atoms with Gasteiger partial charge in [-0.3, -0.25) is 0 Å². The predicted octanol–water partition coefficient (Wildman–Crippen LogP) is 2.37. The molecule has 0 radical (unpaired) electrons. The number of anilines is 1. The monoisotopic (exact) mass is 281 g/mol. The molecule has 0 aliphatic carbocycles. The number of para-hydroxylation sites is 1. The zero-order valence-electron chi connectivity index (χ0n) is 11.9. The summed E-state index contributed by atoms with van der Waals surface area (Å²) in [6.45, 7) is 2.98. The average Bonchev–Trinajstić information content (AvgIpc) is 2.39. The first kappa shape index (κ1) is 14.6. The summed E-state index contributed by atoms with van der Waals surface area (Å²) in [6.07, 6.45) is 3.27. The van der Waals surface area contributed by atoms with E-state index in [2.05, 4.69) is 30.0 Å². The lowest BCUT2D eigenvalue weighted by Gasteiger charge is -2.37. The fourth-order valence-corrected chi connectivity index (χ4v) is 3.20. The Balaban J connectivity index is 2.20. The fraction of sp³-hybridized carbons (Fsp3) is 0.600. The van der Waals surface area contributed by atoms with Gasteiger partial charge in [0.05, 0.1) is 10.7 Å². The highest BCUT2D eigenvalue weighted by Gasteiger charge is 2.23.